The number of carbonyl (C=O) groups excluding carboxylic acids is 1. The van der Waals surface area contributed by atoms with Crippen LogP contribution in [0.25, 0.3) is 0 Å². The smallest absolute Gasteiger partial charge is 0.286 e. The summed E-state index contributed by atoms with van der Waals surface area (Å²) in [4.78, 5) is 11.1. The molecule has 72 valence electrons. The Balaban J connectivity index is 3.18. The summed E-state index contributed by atoms with van der Waals surface area (Å²) in [6.07, 6.45) is 0. The van der Waals surface area contributed by atoms with Crippen molar-refractivity contribution >= 4 is 5.91 Å². The van der Waals surface area contributed by atoms with Crippen molar-refractivity contribution < 1.29 is 9.53 Å². The minimum Gasteiger partial charge on any atom is -0.481 e. The number of amides is 1. The number of hydrogen-bond acceptors (Lipinski definition) is 4. The summed E-state index contributed by atoms with van der Waals surface area (Å²) in [7, 11) is 3.22. The Bertz CT molecular complexity index is 331. The highest BCUT2D eigenvalue weighted by atomic mass is 16.5. The van der Waals surface area contributed by atoms with E-state index in [0.29, 0.717) is 11.4 Å². The molecular weight excluding hydrogens is 172 g/mol. The van der Waals surface area contributed by atoms with Crippen molar-refractivity contribution in [2.45, 2.75) is 6.92 Å². The molecule has 0 aliphatic heterocycles. The van der Waals surface area contributed by atoms with E-state index >= 15 is 0 Å². The number of hydrogen-bond donors (Lipinski definition) is 2. The van der Waals surface area contributed by atoms with Crippen LogP contribution in [0.4, 0.5) is 0 Å². The molecule has 0 aromatic carbocycles. The lowest BCUT2D eigenvalue weighted by Crippen LogP contribution is -2.30. The molecule has 1 aromatic heterocycles. The summed E-state index contributed by atoms with van der Waals surface area (Å²) in [6.45, 7) is 1.75. The Morgan fingerprint density at radius 1 is 1.69 bits per heavy atom. The summed E-state index contributed by atoms with van der Waals surface area (Å²) in [5, 5.41) is 3.95. The SMILES string of the molecule is COc1c(C)c(C(=O)NN)nn1C. The van der Waals surface area contributed by atoms with Crippen LogP contribution in [0, 0.1) is 6.92 Å². The summed E-state index contributed by atoms with van der Waals surface area (Å²) in [5.74, 6) is 5.12. The lowest BCUT2D eigenvalue weighted by atomic mass is 10.2. The van der Waals surface area contributed by atoms with Gasteiger partial charge >= 0.3 is 0 Å². The Hall–Kier alpha value is -1.56. The molecule has 6 heteroatoms. The maximum Gasteiger partial charge on any atom is 0.286 e. The Morgan fingerprint density at radius 3 is 2.69 bits per heavy atom. The van der Waals surface area contributed by atoms with Crippen LogP contribution in [0.5, 0.6) is 5.88 Å². The zero-order valence-corrected chi connectivity index (χ0v) is 7.79. The normalized spacial score (nSPS) is 9.85. The van der Waals surface area contributed by atoms with Crippen molar-refractivity contribution in [3.05, 3.63) is 11.3 Å². The zero-order valence-electron chi connectivity index (χ0n) is 7.79. The van der Waals surface area contributed by atoms with Gasteiger partial charge in [0, 0.05) is 12.6 Å². The van der Waals surface area contributed by atoms with Crippen LogP contribution in [0.3, 0.4) is 0 Å². The van der Waals surface area contributed by atoms with Gasteiger partial charge in [-0.05, 0) is 6.92 Å². The number of ether oxygens (including phenoxy) is 1. The van der Waals surface area contributed by atoms with E-state index in [1.807, 2.05) is 5.43 Å². The standard InChI is InChI=1S/C7H12N4O2/c1-4-5(6(12)9-8)10-11(2)7(4)13-3/h8H2,1-3H3,(H,9,12). The van der Waals surface area contributed by atoms with Gasteiger partial charge in [0.25, 0.3) is 5.91 Å². The number of nitrogens with zero attached hydrogens (tertiary/aromatic N) is 2. The summed E-state index contributed by atoms with van der Waals surface area (Å²) < 4.78 is 6.52. The molecule has 6 nitrogen and oxygen atoms in total. The predicted molar refractivity (Wildman–Crippen MR) is 46.2 cm³/mol. The van der Waals surface area contributed by atoms with Crippen LogP contribution < -0.4 is 16.0 Å². The molecule has 13 heavy (non-hydrogen) atoms. The summed E-state index contributed by atoms with van der Waals surface area (Å²) in [5.41, 5.74) is 2.97. The number of aryl methyl sites for hydroxylation is 1. The molecule has 0 bridgehead atoms. The van der Waals surface area contributed by atoms with Gasteiger partial charge < -0.3 is 4.74 Å². The van der Waals surface area contributed by atoms with Crippen LogP contribution in [0.15, 0.2) is 0 Å². The lowest BCUT2D eigenvalue weighted by Gasteiger charge is -1.99. The fraction of sp³-hybridized carbons (Fsp3) is 0.429. The van der Waals surface area contributed by atoms with E-state index in [1.54, 1.807) is 14.0 Å². The van der Waals surface area contributed by atoms with Gasteiger partial charge in [0.2, 0.25) is 5.88 Å². The Kier molecular flexibility index (Phi) is 2.52. The third-order valence-electron chi connectivity index (χ3n) is 1.76. The number of nitrogens with two attached hydrogens (primary N) is 1. The van der Waals surface area contributed by atoms with E-state index in [0.717, 1.165) is 0 Å². The predicted octanol–water partition coefficient (Wildman–Crippen LogP) is -0.659. The molecule has 0 aliphatic rings. The maximum atomic E-state index is 11.1. The second kappa shape index (κ2) is 3.44. The molecular formula is C7H12N4O2. The maximum absolute atomic E-state index is 11.1. The molecule has 1 aromatic rings. The zero-order chi connectivity index (χ0) is 10.0. The molecule has 0 aliphatic carbocycles. The van der Waals surface area contributed by atoms with Gasteiger partial charge in [0.15, 0.2) is 5.69 Å². The van der Waals surface area contributed by atoms with Crippen LogP contribution >= 0.6 is 0 Å². The average molecular weight is 184 g/mol. The molecule has 0 fully saturated rings. The minimum absolute atomic E-state index is 0.279. The number of nitrogen functional groups attached to an aromatic ring is 1. The summed E-state index contributed by atoms with van der Waals surface area (Å²) >= 11 is 0. The van der Waals surface area contributed by atoms with Gasteiger partial charge in [0.1, 0.15) is 0 Å². The number of hydrazine groups is 1. The van der Waals surface area contributed by atoms with Crippen molar-refractivity contribution in [3.63, 3.8) is 0 Å². The third kappa shape index (κ3) is 1.48. The van der Waals surface area contributed by atoms with Gasteiger partial charge in [0.05, 0.1) is 7.11 Å². The van der Waals surface area contributed by atoms with E-state index in [9.17, 15) is 4.79 Å². The van der Waals surface area contributed by atoms with Gasteiger partial charge in [-0.3, -0.25) is 10.2 Å². The molecule has 1 heterocycles. The third-order valence-corrected chi connectivity index (χ3v) is 1.76. The summed E-state index contributed by atoms with van der Waals surface area (Å²) in [6, 6.07) is 0. The highest BCUT2D eigenvalue weighted by Gasteiger charge is 2.17. The van der Waals surface area contributed by atoms with Gasteiger partial charge in [-0.2, -0.15) is 5.10 Å². The van der Waals surface area contributed by atoms with E-state index < -0.39 is 5.91 Å². The average Bonchev–Trinajstić information content (AvgIpc) is 2.40. The quantitative estimate of drug-likeness (QED) is 0.363. The van der Waals surface area contributed by atoms with E-state index in [1.165, 1.54) is 11.8 Å². The minimum atomic E-state index is -0.420. The lowest BCUT2D eigenvalue weighted by molar-refractivity contribution is 0.0947. The number of methoxy groups -OCH3 is 1. The van der Waals surface area contributed by atoms with Crippen molar-refractivity contribution in [1.29, 1.82) is 0 Å². The van der Waals surface area contributed by atoms with Crippen LogP contribution in [0.1, 0.15) is 16.1 Å². The van der Waals surface area contributed by atoms with Crippen molar-refractivity contribution in [2.24, 2.45) is 12.9 Å². The fourth-order valence-corrected chi connectivity index (χ4v) is 1.18. The van der Waals surface area contributed by atoms with Gasteiger partial charge in [-0.25, -0.2) is 10.5 Å². The van der Waals surface area contributed by atoms with Crippen LogP contribution in [-0.2, 0) is 7.05 Å². The second-order valence-corrected chi connectivity index (χ2v) is 2.58. The van der Waals surface area contributed by atoms with E-state index in [2.05, 4.69) is 5.10 Å². The monoisotopic (exact) mass is 184 g/mol. The van der Waals surface area contributed by atoms with E-state index in [-0.39, 0.29) is 5.69 Å². The fourth-order valence-electron chi connectivity index (χ4n) is 1.18. The highest BCUT2D eigenvalue weighted by molar-refractivity contribution is 5.93. The Morgan fingerprint density at radius 2 is 2.31 bits per heavy atom. The molecule has 0 radical (unpaired) electrons. The van der Waals surface area contributed by atoms with Crippen molar-refractivity contribution in [3.8, 4) is 5.88 Å². The van der Waals surface area contributed by atoms with Crippen LogP contribution in [-0.4, -0.2) is 22.8 Å². The number of nitrogens with one attached hydrogen (secondary N) is 1. The first-order valence-corrected chi connectivity index (χ1v) is 3.70. The number of carbonyl (C=O) groups is 1. The first-order valence-electron chi connectivity index (χ1n) is 3.70. The molecule has 0 atom stereocenters. The Labute approximate surface area is 75.6 Å². The first kappa shape index (κ1) is 9.53. The molecule has 3 N–H and O–H groups in total. The largest absolute Gasteiger partial charge is 0.481 e. The van der Waals surface area contributed by atoms with Crippen molar-refractivity contribution in [1.82, 2.24) is 15.2 Å². The molecule has 0 saturated carbocycles. The molecule has 1 amide bonds. The number of aromatic nitrogens is 2. The van der Waals surface area contributed by atoms with Gasteiger partial charge in [-0.15, -0.1) is 0 Å². The molecule has 0 saturated heterocycles. The van der Waals surface area contributed by atoms with E-state index in [4.69, 9.17) is 10.6 Å². The molecule has 0 spiro atoms. The second-order valence-electron chi connectivity index (χ2n) is 2.58. The molecule has 1 rings (SSSR count). The number of rotatable bonds is 2. The highest BCUT2D eigenvalue weighted by Crippen LogP contribution is 2.19. The molecule has 0 unspecified atom stereocenters. The van der Waals surface area contributed by atoms with Gasteiger partial charge in [-0.1, -0.05) is 0 Å². The topological polar surface area (TPSA) is 82.2 Å². The van der Waals surface area contributed by atoms with Crippen LogP contribution in [0.2, 0.25) is 0 Å². The van der Waals surface area contributed by atoms with Crippen molar-refractivity contribution in [2.75, 3.05) is 7.11 Å². The first-order chi connectivity index (χ1) is 6.11.